The van der Waals surface area contributed by atoms with Gasteiger partial charge in [0.15, 0.2) is 5.82 Å². The summed E-state index contributed by atoms with van der Waals surface area (Å²) in [7, 11) is 0. The van der Waals surface area contributed by atoms with E-state index in [2.05, 4.69) is 15.5 Å². The molecule has 1 amide bonds. The first-order valence-corrected chi connectivity index (χ1v) is 8.30. The molecule has 0 aliphatic rings. The van der Waals surface area contributed by atoms with Crippen LogP contribution in [0.15, 0.2) is 45.6 Å². The van der Waals surface area contributed by atoms with Gasteiger partial charge in [0.25, 0.3) is 0 Å². The van der Waals surface area contributed by atoms with Crippen LogP contribution in [0.25, 0.3) is 0 Å². The van der Waals surface area contributed by atoms with Crippen molar-refractivity contribution in [2.75, 3.05) is 0 Å². The van der Waals surface area contributed by atoms with E-state index in [0.29, 0.717) is 23.2 Å². The number of halogens is 1. The first kappa shape index (κ1) is 15.7. The van der Waals surface area contributed by atoms with Crippen molar-refractivity contribution in [3.8, 4) is 0 Å². The maximum Gasteiger partial charge on any atom is 0.225 e. The molecule has 0 fully saturated rings. The molecule has 0 radical (unpaired) electrons. The van der Waals surface area contributed by atoms with Crippen LogP contribution in [0.4, 0.5) is 0 Å². The minimum Gasteiger partial charge on any atom is -0.342 e. The molecule has 1 atom stereocenters. The number of aromatic nitrogens is 2. The summed E-state index contributed by atoms with van der Waals surface area (Å²) in [5.41, 5.74) is 1.82. The van der Waals surface area contributed by atoms with E-state index in [1.807, 2.05) is 29.0 Å². The zero-order valence-electron chi connectivity index (χ0n) is 12.3. The third-order valence-electron chi connectivity index (χ3n) is 3.25. The highest BCUT2D eigenvalue weighted by Crippen LogP contribution is 2.22. The normalized spacial score (nSPS) is 12.1. The predicted octanol–water partition coefficient (Wildman–Crippen LogP) is 3.54. The Bertz CT molecular complexity index is 784. The van der Waals surface area contributed by atoms with Gasteiger partial charge in [0, 0.05) is 11.9 Å². The van der Waals surface area contributed by atoms with Gasteiger partial charge in [0.1, 0.15) is 6.04 Å². The van der Waals surface area contributed by atoms with Crippen LogP contribution in [0, 0.1) is 6.92 Å². The Morgan fingerprint density at radius 2 is 2.13 bits per heavy atom. The molecule has 2 aromatic heterocycles. The summed E-state index contributed by atoms with van der Waals surface area (Å²) in [6, 6.07) is 8.66. The van der Waals surface area contributed by atoms with Gasteiger partial charge < -0.3 is 9.84 Å². The number of amides is 1. The Morgan fingerprint density at radius 3 is 2.74 bits per heavy atom. The molecule has 1 aromatic carbocycles. The summed E-state index contributed by atoms with van der Waals surface area (Å²) in [5.74, 6) is 0.764. The van der Waals surface area contributed by atoms with Gasteiger partial charge in [-0.1, -0.05) is 28.9 Å². The predicted molar refractivity (Wildman–Crippen MR) is 88.5 cm³/mol. The quantitative estimate of drug-likeness (QED) is 0.766. The Kier molecular flexibility index (Phi) is 4.73. The second-order valence-electron chi connectivity index (χ2n) is 5.03. The zero-order valence-corrected chi connectivity index (χ0v) is 13.9. The van der Waals surface area contributed by atoms with E-state index in [1.54, 1.807) is 30.4 Å². The van der Waals surface area contributed by atoms with E-state index in [4.69, 9.17) is 16.1 Å². The summed E-state index contributed by atoms with van der Waals surface area (Å²) < 4.78 is 5.04. The number of nitrogens with zero attached hydrogens (tertiary/aromatic N) is 2. The van der Waals surface area contributed by atoms with Crippen LogP contribution in [0.2, 0.25) is 5.02 Å². The summed E-state index contributed by atoms with van der Waals surface area (Å²) in [6.45, 7) is 1.71. The Balaban J connectivity index is 1.83. The van der Waals surface area contributed by atoms with Gasteiger partial charge in [-0.05, 0) is 40.1 Å². The minimum atomic E-state index is -0.476. The van der Waals surface area contributed by atoms with Crippen LogP contribution < -0.4 is 5.32 Å². The first-order valence-electron chi connectivity index (χ1n) is 6.98. The van der Waals surface area contributed by atoms with Gasteiger partial charge in [0.05, 0.1) is 6.42 Å². The van der Waals surface area contributed by atoms with Crippen molar-refractivity contribution in [1.29, 1.82) is 0 Å². The third kappa shape index (κ3) is 3.97. The van der Waals surface area contributed by atoms with E-state index in [0.717, 1.165) is 11.1 Å². The molecule has 0 saturated heterocycles. The maximum atomic E-state index is 12.3. The number of hydrogen-bond donors (Lipinski definition) is 1. The Morgan fingerprint density at radius 1 is 1.35 bits per heavy atom. The van der Waals surface area contributed by atoms with Crippen LogP contribution in [0.1, 0.15) is 28.9 Å². The molecule has 3 aromatic rings. The van der Waals surface area contributed by atoms with Gasteiger partial charge in [-0.2, -0.15) is 16.3 Å². The molecule has 1 N–H and O–H groups in total. The van der Waals surface area contributed by atoms with E-state index in [-0.39, 0.29) is 5.91 Å². The Hall–Kier alpha value is -2.18. The number of carbonyl (C=O) groups is 1. The summed E-state index contributed by atoms with van der Waals surface area (Å²) in [5, 5.41) is 11.4. The van der Waals surface area contributed by atoms with Crippen LogP contribution in [0.3, 0.4) is 0 Å². The van der Waals surface area contributed by atoms with Crippen LogP contribution in [0.5, 0.6) is 0 Å². The van der Waals surface area contributed by atoms with Crippen molar-refractivity contribution in [1.82, 2.24) is 15.5 Å². The highest BCUT2D eigenvalue weighted by atomic mass is 35.5. The molecule has 3 rings (SSSR count). The molecule has 5 nitrogen and oxygen atoms in total. The van der Waals surface area contributed by atoms with Crippen molar-refractivity contribution >= 4 is 28.8 Å². The lowest BCUT2D eigenvalue weighted by Crippen LogP contribution is -2.31. The van der Waals surface area contributed by atoms with Crippen LogP contribution in [-0.4, -0.2) is 16.0 Å². The standard InChI is InChI=1S/C16H14ClN3O2S/c1-10-18-16(20-22-10)15(12-2-4-13(17)5-3-12)19-14(21)8-11-6-7-23-9-11/h2-7,9,15H,8H2,1H3,(H,19,21)/t15-/m1/s1. The number of rotatable bonds is 5. The fraction of sp³-hybridized carbons (Fsp3) is 0.188. The first-order chi connectivity index (χ1) is 11.1. The number of thiophene rings is 1. The second-order valence-corrected chi connectivity index (χ2v) is 6.25. The fourth-order valence-corrected chi connectivity index (χ4v) is 2.97. The Labute approximate surface area is 142 Å². The van der Waals surface area contributed by atoms with Gasteiger partial charge >= 0.3 is 0 Å². The summed E-state index contributed by atoms with van der Waals surface area (Å²) in [4.78, 5) is 16.6. The van der Waals surface area contributed by atoms with Gasteiger partial charge in [0.2, 0.25) is 11.8 Å². The molecule has 7 heteroatoms. The van der Waals surface area contributed by atoms with Crippen molar-refractivity contribution < 1.29 is 9.32 Å². The van der Waals surface area contributed by atoms with Crippen molar-refractivity contribution in [3.63, 3.8) is 0 Å². The fourth-order valence-electron chi connectivity index (χ4n) is 2.18. The van der Waals surface area contributed by atoms with E-state index < -0.39 is 6.04 Å². The average molecular weight is 348 g/mol. The van der Waals surface area contributed by atoms with Gasteiger partial charge in [-0.3, -0.25) is 4.79 Å². The second kappa shape index (κ2) is 6.93. The third-order valence-corrected chi connectivity index (χ3v) is 4.24. The summed E-state index contributed by atoms with van der Waals surface area (Å²) in [6.07, 6.45) is 0.310. The molecule has 0 spiro atoms. The number of hydrogen-bond acceptors (Lipinski definition) is 5. The highest BCUT2D eigenvalue weighted by molar-refractivity contribution is 7.08. The topological polar surface area (TPSA) is 68.0 Å². The van der Waals surface area contributed by atoms with Gasteiger partial charge in [-0.25, -0.2) is 0 Å². The van der Waals surface area contributed by atoms with Crippen molar-refractivity contribution in [2.24, 2.45) is 0 Å². The smallest absolute Gasteiger partial charge is 0.225 e. The molecular formula is C16H14ClN3O2S. The number of nitrogens with one attached hydrogen (secondary N) is 1. The van der Waals surface area contributed by atoms with Crippen molar-refractivity contribution in [3.05, 3.63) is 69.0 Å². The maximum absolute atomic E-state index is 12.3. The lowest BCUT2D eigenvalue weighted by molar-refractivity contribution is -0.121. The number of aryl methyl sites for hydroxylation is 1. The zero-order chi connectivity index (χ0) is 16.2. The molecule has 23 heavy (non-hydrogen) atoms. The largest absolute Gasteiger partial charge is 0.342 e. The van der Waals surface area contributed by atoms with Gasteiger partial charge in [-0.15, -0.1) is 0 Å². The summed E-state index contributed by atoms with van der Waals surface area (Å²) >= 11 is 7.49. The lowest BCUT2D eigenvalue weighted by atomic mass is 10.1. The number of benzene rings is 1. The van der Waals surface area contributed by atoms with Crippen molar-refractivity contribution in [2.45, 2.75) is 19.4 Å². The van der Waals surface area contributed by atoms with Crippen LogP contribution >= 0.6 is 22.9 Å². The molecule has 0 aliphatic carbocycles. The van der Waals surface area contributed by atoms with Crippen LogP contribution in [-0.2, 0) is 11.2 Å². The molecule has 0 unspecified atom stereocenters. The molecule has 0 aliphatic heterocycles. The number of carbonyl (C=O) groups excluding carboxylic acids is 1. The molecule has 0 saturated carbocycles. The lowest BCUT2D eigenvalue weighted by Gasteiger charge is -2.16. The minimum absolute atomic E-state index is 0.106. The molecule has 2 heterocycles. The monoisotopic (exact) mass is 347 g/mol. The molecular weight excluding hydrogens is 334 g/mol. The highest BCUT2D eigenvalue weighted by Gasteiger charge is 2.22. The molecule has 0 bridgehead atoms. The average Bonchev–Trinajstić information content (AvgIpc) is 3.17. The SMILES string of the molecule is Cc1nc([C@H](NC(=O)Cc2ccsc2)c2ccc(Cl)cc2)no1. The van der Waals surface area contributed by atoms with E-state index in [1.165, 1.54) is 0 Å². The van der Waals surface area contributed by atoms with E-state index in [9.17, 15) is 4.79 Å². The van der Waals surface area contributed by atoms with E-state index >= 15 is 0 Å². The molecule has 118 valence electrons.